The number of piperidine rings is 1. The molecule has 2 atom stereocenters. The number of thiazole rings is 1. The van der Waals surface area contributed by atoms with Crippen molar-refractivity contribution >= 4 is 11.3 Å². The van der Waals surface area contributed by atoms with E-state index in [9.17, 15) is 0 Å². The van der Waals surface area contributed by atoms with Crippen LogP contribution in [0.1, 0.15) is 35.1 Å². The fourth-order valence-electron chi connectivity index (χ4n) is 3.65. The minimum Gasteiger partial charge on any atom is -0.377 e. The minimum absolute atomic E-state index is 0.141. The first-order valence-corrected chi connectivity index (χ1v) is 8.59. The number of hydrogen-bond acceptors (Lipinski definition) is 7. The lowest BCUT2D eigenvalue weighted by Gasteiger charge is -2.41. The molecule has 4 rings (SSSR count). The smallest absolute Gasteiger partial charge is 0.236 e. The van der Waals surface area contributed by atoms with E-state index in [1.54, 1.807) is 11.3 Å². The van der Waals surface area contributed by atoms with Crippen molar-refractivity contribution in [3.8, 4) is 0 Å². The second-order valence-electron chi connectivity index (χ2n) is 6.27. The summed E-state index contributed by atoms with van der Waals surface area (Å²) in [6, 6.07) is 0. The molecule has 2 aliphatic heterocycles. The van der Waals surface area contributed by atoms with Crippen molar-refractivity contribution in [1.29, 1.82) is 0 Å². The Morgan fingerprint density at radius 2 is 2.36 bits per heavy atom. The summed E-state index contributed by atoms with van der Waals surface area (Å²) < 4.78 is 11.5. The molecule has 0 unspecified atom stereocenters. The van der Waals surface area contributed by atoms with Gasteiger partial charge >= 0.3 is 0 Å². The Balaban J connectivity index is 1.60. The van der Waals surface area contributed by atoms with Gasteiger partial charge < -0.3 is 9.26 Å². The second kappa shape index (κ2) is 5.40. The summed E-state index contributed by atoms with van der Waals surface area (Å²) in [5.74, 6) is 1.45. The molecule has 6 nitrogen and oxygen atoms in total. The normalized spacial score (nSPS) is 28.9. The fourth-order valence-corrected chi connectivity index (χ4v) is 4.47. The van der Waals surface area contributed by atoms with Crippen LogP contribution in [0.25, 0.3) is 0 Å². The Labute approximate surface area is 133 Å². The second-order valence-corrected chi connectivity index (χ2v) is 7.21. The van der Waals surface area contributed by atoms with Crippen LogP contribution in [0.2, 0.25) is 0 Å². The third-order valence-electron chi connectivity index (χ3n) is 4.86. The van der Waals surface area contributed by atoms with Crippen LogP contribution >= 0.6 is 11.3 Å². The van der Waals surface area contributed by atoms with E-state index in [0.717, 1.165) is 50.7 Å². The molecule has 0 amide bonds. The Hall–Kier alpha value is -1.31. The first kappa shape index (κ1) is 14.3. The lowest BCUT2D eigenvalue weighted by Crippen LogP contribution is -2.52. The number of hydrogen-bond donors (Lipinski definition) is 0. The summed E-state index contributed by atoms with van der Waals surface area (Å²) in [7, 11) is 0. The van der Waals surface area contributed by atoms with Crippen molar-refractivity contribution in [3.05, 3.63) is 27.8 Å². The number of likely N-dealkylation sites (tertiary alicyclic amines) is 1. The SMILES string of the molecule is Cc1noc([C@]23CCO[C@H]2CCN(Cc2scnc2C)C3)n1. The zero-order valence-electron chi connectivity index (χ0n) is 12.9. The molecular formula is C15H20N4O2S. The molecule has 118 valence electrons. The van der Waals surface area contributed by atoms with Crippen LogP contribution in [0.15, 0.2) is 10.0 Å². The van der Waals surface area contributed by atoms with E-state index in [-0.39, 0.29) is 11.5 Å². The number of aryl methyl sites for hydroxylation is 2. The van der Waals surface area contributed by atoms with Crippen molar-refractivity contribution in [2.24, 2.45) is 0 Å². The van der Waals surface area contributed by atoms with Crippen LogP contribution in [0, 0.1) is 13.8 Å². The molecule has 4 heterocycles. The fraction of sp³-hybridized carbons (Fsp3) is 0.667. The van der Waals surface area contributed by atoms with Crippen LogP contribution < -0.4 is 0 Å². The standard InChI is InChI=1S/C15H20N4O2S/c1-10-12(22-9-16-10)7-19-5-3-13-15(8-19,4-6-20-13)14-17-11(2)18-21-14/h9,13H,3-8H2,1-2H3/t13-,15-/m0/s1. The highest BCUT2D eigenvalue weighted by Gasteiger charge is 2.52. The minimum atomic E-state index is -0.141. The van der Waals surface area contributed by atoms with Gasteiger partial charge in [-0.2, -0.15) is 4.98 Å². The Morgan fingerprint density at radius 1 is 1.45 bits per heavy atom. The number of nitrogens with zero attached hydrogens (tertiary/aromatic N) is 4. The molecular weight excluding hydrogens is 300 g/mol. The van der Waals surface area contributed by atoms with Crippen molar-refractivity contribution in [3.63, 3.8) is 0 Å². The van der Waals surface area contributed by atoms with Gasteiger partial charge in [0, 0.05) is 31.1 Å². The molecule has 22 heavy (non-hydrogen) atoms. The van der Waals surface area contributed by atoms with Gasteiger partial charge in [-0.1, -0.05) is 5.16 Å². The maximum Gasteiger partial charge on any atom is 0.236 e. The third-order valence-corrected chi connectivity index (χ3v) is 5.78. The zero-order valence-corrected chi connectivity index (χ0v) is 13.7. The molecule has 7 heteroatoms. The van der Waals surface area contributed by atoms with Crippen LogP contribution in [0.5, 0.6) is 0 Å². The van der Waals surface area contributed by atoms with Gasteiger partial charge in [-0.15, -0.1) is 11.3 Å². The maximum absolute atomic E-state index is 5.97. The average molecular weight is 320 g/mol. The number of ether oxygens (including phenoxy) is 1. The monoisotopic (exact) mass is 320 g/mol. The van der Waals surface area contributed by atoms with Crippen molar-refractivity contribution in [1.82, 2.24) is 20.0 Å². The Kier molecular flexibility index (Phi) is 3.51. The van der Waals surface area contributed by atoms with Gasteiger partial charge in [-0.05, 0) is 26.7 Å². The third kappa shape index (κ3) is 2.28. The molecule has 2 aromatic rings. The average Bonchev–Trinajstić information content (AvgIpc) is 3.20. The predicted octanol–water partition coefficient (Wildman–Crippen LogP) is 2.08. The lowest BCUT2D eigenvalue weighted by molar-refractivity contribution is 0.00436. The predicted molar refractivity (Wildman–Crippen MR) is 81.8 cm³/mol. The summed E-state index contributed by atoms with van der Waals surface area (Å²) in [5.41, 5.74) is 2.92. The summed E-state index contributed by atoms with van der Waals surface area (Å²) in [4.78, 5) is 12.7. The van der Waals surface area contributed by atoms with Gasteiger partial charge in [-0.25, -0.2) is 4.98 Å². The largest absolute Gasteiger partial charge is 0.377 e. The van der Waals surface area contributed by atoms with E-state index < -0.39 is 0 Å². The van der Waals surface area contributed by atoms with Gasteiger partial charge in [0.05, 0.1) is 22.7 Å². The zero-order chi connectivity index (χ0) is 15.2. The highest BCUT2D eigenvalue weighted by molar-refractivity contribution is 7.09. The molecule has 2 fully saturated rings. The molecule has 0 aromatic carbocycles. The Morgan fingerprint density at radius 3 is 3.09 bits per heavy atom. The van der Waals surface area contributed by atoms with E-state index in [1.807, 2.05) is 12.4 Å². The van der Waals surface area contributed by atoms with E-state index in [1.165, 1.54) is 4.88 Å². The highest BCUT2D eigenvalue weighted by Crippen LogP contribution is 2.43. The number of fused-ring (bicyclic) bond motifs is 1. The van der Waals surface area contributed by atoms with Gasteiger partial charge in [0.25, 0.3) is 0 Å². The Bertz CT molecular complexity index is 670. The quantitative estimate of drug-likeness (QED) is 0.863. The summed E-state index contributed by atoms with van der Waals surface area (Å²) in [6.07, 6.45) is 2.17. The van der Waals surface area contributed by atoms with Crippen LogP contribution in [-0.4, -0.2) is 45.8 Å². The number of rotatable bonds is 3. The summed E-state index contributed by atoms with van der Waals surface area (Å²) >= 11 is 1.73. The molecule has 2 saturated heterocycles. The van der Waals surface area contributed by atoms with Crippen LogP contribution in [-0.2, 0) is 16.7 Å². The van der Waals surface area contributed by atoms with Crippen LogP contribution in [0.4, 0.5) is 0 Å². The van der Waals surface area contributed by atoms with Gasteiger partial charge in [0.1, 0.15) is 0 Å². The molecule has 0 N–H and O–H groups in total. The van der Waals surface area contributed by atoms with Gasteiger partial charge in [-0.3, -0.25) is 4.90 Å². The molecule has 2 aromatic heterocycles. The van der Waals surface area contributed by atoms with Crippen molar-refractivity contribution in [2.75, 3.05) is 19.7 Å². The molecule has 0 bridgehead atoms. The maximum atomic E-state index is 5.97. The van der Waals surface area contributed by atoms with E-state index >= 15 is 0 Å². The van der Waals surface area contributed by atoms with E-state index in [2.05, 4.69) is 26.9 Å². The summed E-state index contributed by atoms with van der Waals surface area (Å²) in [6.45, 7) is 7.62. The highest BCUT2D eigenvalue weighted by atomic mass is 32.1. The van der Waals surface area contributed by atoms with E-state index in [0.29, 0.717) is 5.82 Å². The van der Waals surface area contributed by atoms with E-state index in [4.69, 9.17) is 9.26 Å². The van der Waals surface area contributed by atoms with Gasteiger partial charge in [0.15, 0.2) is 5.82 Å². The molecule has 0 spiro atoms. The van der Waals surface area contributed by atoms with Crippen molar-refractivity contribution < 1.29 is 9.26 Å². The van der Waals surface area contributed by atoms with Crippen molar-refractivity contribution in [2.45, 2.75) is 44.8 Å². The van der Waals surface area contributed by atoms with Crippen LogP contribution in [0.3, 0.4) is 0 Å². The first-order valence-electron chi connectivity index (χ1n) is 7.71. The molecule has 0 aliphatic carbocycles. The number of aromatic nitrogens is 3. The lowest BCUT2D eigenvalue weighted by atomic mass is 9.76. The summed E-state index contributed by atoms with van der Waals surface area (Å²) in [5, 5.41) is 3.99. The van der Waals surface area contributed by atoms with Gasteiger partial charge in [0.2, 0.25) is 5.89 Å². The topological polar surface area (TPSA) is 64.3 Å². The molecule has 0 saturated carbocycles. The first-order chi connectivity index (χ1) is 10.7. The molecule has 0 radical (unpaired) electrons. The molecule has 2 aliphatic rings.